The summed E-state index contributed by atoms with van der Waals surface area (Å²) >= 11 is 4.75. The summed E-state index contributed by atoms with van der Waals surface area (Å²) in [5, 5.41) is 13.9. The van der Waals surface area contributed by atoms with Gasteiger partial charge in [-0.1, -0.05) is 5.16 Å². The summed E-state index contributed by atoms with van der Waals surface area (Å²) in [6.45, 7) is 0. The molecule has 5 nitrogen and oxygen atoms in total. The van der Waals surface area contributed by atoms with Gasteiger partial charge in [0, 0.05) is 0 Å². The second-order valence-electron chi connectivity index (χ2n) is 2.66. The first-order chi connectivity index (χ1) is 7.15. The molecular formula is C8H4BrLiN2O3S. The van der Waals surface area contributed by atoms with Crippen molar-refractivity contribution in [3.63, 3.8) is 0 Å². The smallest absolute Gasteiger partial charge is 0.550 e. The molecule has 2 aromatic rings. The Labute approximate surface area is 115 Å². The zero-order valence-electron chi connectivity index (χ0n) is 8.27. The summed E-state index contributed by atoms with van der Waals surface area (Å²) in [6.07, 6.45) is -0.362. The van der Waals surface area contributed by atoms with Crippen molar-refractivity contribution in [2.75, 3.05) is 0 Å². The molecule has 2 rings (SSSR count). The molecule has 0 aliphatic heterocycles. The molecule has 0 spiro atoms. The van der Waals surface area contributed by atoms with Gasteiger partial charge in [-0.2, -0.15) is 4.98 Å². The Hall–Kier alpha value is -0.613. The van der Waals surface area contributed by atoms with Crippen LogP contribution in [0.4, 0.5) is 0 Å². The van der Waals surface area contributed by atoms with Gasteiger partial charge in [0.1, 0.15) is 0 Å². The van der Waals surface area contributed by atoms with Gasteiger partial charge in [0.2, 0.25) is 11.7 Å². The molecule has 8 heteroatoms. The fourth-order valence-corrected chi connectivity index (χ4v) is 2.30. The van der Waals surface area contributed by atoms with E-state index in [9.17, 15) is 9.90 Å². The fourth-order valence-electron chi connectivity index (χ4n) is 0.985. The molecule has 0 aliphatic rings. The van der Waals surface area contributed by atoms with Crippen LogP contribution in [-0.2, 0) is 11.2 Å². The number of carboxylic acids is 1. The molecular weight excluding hydrogens is 291 g/mol. The van der Waals surface area contributed by atoms with E-state index in [1.807, 2.05) is 12.1 Å². The molecule has 2 heterocycles. The van der Waals surface area contributed by atoms with Crippen LogP contribution in [0.5, 0.6) is 0 Å². The van der Waals surface area contributed by atoms with Crippen molar-refractivity contribution in [3.8, 4) is 10.7 Å². The van der Waals surface area contributed by atoms with Gasteiger partial charge in [-0.15, -0.1) is 11.3 Å². The maximum Gasteiger partial charge on any atom is 1.00 e. The Morgan fingerprint density at radius 3 is 2.88 bits per heavy atom. The SMILES string of the molecule is O=C([O-])Cc1nc(-c2ccc(Br)s2)no1.[Li+]. The van der Waals surface area contributed by atoms with Gasteiger partial charge in [0.25, 0.3) is 0 Å². The van der Waals surface area contributed by atoms with E-state index in [0.29, 0.717) is 5.82 Å². The van der Waals surface area contributed by atoms with Crippen LogP contribution in [0, 0.1) is 0 Å². The van der Waals surface area contributed by atoms with Gasteiger partial charge in [-0.3, -0.25) is 0 Å². The monoisotopic (exact) mass is 294 g/mol. The topological polar surface area (TPSA) is 79.0 Å². The molecule has 0 atom stereocenters. The zero-order chi connectivity index (χ0) is 10.8. The quantitative estimate of drug-likeness (QED) is 0.604. The van der Waals surface area contributed by atoms with E-state index >= 15 is 0 Å². The second kappa shape index (κ2) is 5.64. The van der Waals surface area contributed by atoms with Gasteiger partial charge >= 0.3 is 18.9 Å². The number of thiophene rings is 1. The molecule has 0 fully saturated rings. The van der Waals surface area contributed by atoms with E-state index < -0.39 is 5.97 Å². The zero-order valence-corrected chi connectivity index (χ0v) is 10.7. The number of rotatable bonds is 3. The standard InChI is InChI=1S/C8H5BrN2O3S.Li/c9-5-2-1-4(15-5)8-10-6(14-11-8)3-7(12)13;/h1-2H,3H2,(H,12,13);/q;+1/p-1. The van der Waals surface area contributed by atoms with Crippen molar-refractivity contribution in [2.24, 2.45) is 0 Å². The first-order valence-electron chi connectivity index (χ1n) is 3.93. The molecule has 2 aromatic heterocycles. The third-order valence-electron chi connectivity index (χ3n) is 1.56. The second-order valence-corrected chi connectivity index (χ2v) is 5.13. The van der Waals surface area contributed by atoms with E-state index in [-0.39, 0.29) is 31.2 Å². The van der Waals surface area contributed by atoms with E-state index in [2.05, 4.69) is 26.1 Å². The van der Waals surface area contributed by atoms with Crippen LogP contribution in [0.3, 0.4) is 0 Å². The number of carbonyl (C=O) groups excluding carboxylic acids is 1. The number of nitrogens with zero attached hydrogens (tertiary/aromatic N) is 2. The van der Waals surface area contributed by atoms with Crippen LogP contribution < -0.4 is 24.0 Å². The van der Waals surface area contributed by atoms with Crippen molar-refractivity contribution in [1.82, 2.24) is 10.1 Å². The van der Waals surface area contributed by atoms with Crippen molar-refractivity contribution in [2.45, 2.75) is 6.42 Å². The minimum absolute atomic E-state index is 0. The van der Waals surface area contributed by atoms with E-state index in [1.165, 1.54) is 11.3 Å². The number of aromatic nitrogens is 2. The maximum absolute atomic E-state index is 10.3. The number of carbonyl (C=O) groups is 1. The number of halogens is 1. The normalized spacial score (nSPS) is 9.81. The third kappa shape index (κ3) is 3.19. The first-order valence-corrected chi connectivity index (χ1v) is 5.54. The number of hydrogen-bond acceptors (Lipinski definition) is 6. The first kappa shape index (κ1) is 13.5. The average molecular weight is 295 g/mol. The molecule has 0 amide bonds. The van der Waals surface area contributed by atoms with E-state index in [1.54, 1.807) is 0 Å². The van der Waals surface area contributed by atoms with Crippen LogP contribution in [-0.4, -0.2) is 16.1 Å². The van der Waals surface area contributed by atoms with Crippen molar-refractivity contribution >= 4 is 33.2 Å². The molecule has 0 saturated heterocycles. The van der Waals surface area contributed by atoms with Crippen molar-refractivity contribution in [1.29, 1.82) is 0 Å². The largest absolute Gasteiger partial charge is 1.00 e. The van der Waals surface area contributed by atoms with E-state index in [4.69, 9.17) is 4.52 Å². The fraction of sp³-hybridized carbons (Fsp3) is 0.125. The Bertz CT molecular complexity index is 499. The molecule has 0 aliphatic carbocycles. The number of hydrogen-bond donors (Lipinski definition) is 0. The molecule has 0 bridgehead atoms. The molecule has 16 heavy (non-hydrogen) atoms. The van der Waals surface area contributed by atoms with Crippen LogP contribution in [0.1, 0.15) is 5.89 Å². The Balaban J connectivity index is 0.00000128. The van der Waals surface area contributed by atoms with Gasteiger partial charge < -0.3 is 14.4 Å². The average Bonchev–Trinajstić information content (AvgIpc) is 2.72. The van der Waals surface area contributed by atoms with Gasteiger partial charge in [0.05, 0.1) is 21.1 Å². The minimum atomic E-state index is -1.24. The number of aliphatic carboxylic acids is 1. The van der Waals surface area contributed by atoms with Gasteiger partial charge in [-0.05, 0) is 28.1 Å². The maximum atomic E-state index is 10.3. The van der Waals surface area contributed by atoms with Gasteiger partial charge in [-0.25, -0.2) is 0 Å². The molecule has 0 N–H and O–H groups in total. The minimum Gasteiger partial charge on any atom is -0.550 e. The Morgan fingerprint density at radius 2 is 2.31 bits per heavy atom. The molecule has 0 aromatic carbocycles. The van der Waals surface area contributed by atoms with Gasteiger partial charge in [0.15, 0.2) is 0 Å². The summed E-state index contributed by atoms with van der Waals surface area (Å²) in [6, 6.07) is 3.68. The Morgan fingerprint density at radius 1 is 1.56 bits per heavy atom. The predicted octanol–water partition coefficient (Wildman–Crippen LogP) is -2.14. The van der Waals surface area contributed by atoms with E-state index in [0.717, 1.165) is 8.66 Å². The van der Waals surface area contributed by atoms with Crippen LogP contribution in [0.2, 0.25) is 0 Å². The summed E-state index contributed by atoms with van der Waals surface area (Å²) in [5.74, 6) is -0.797. The van der Waals surface area contributed by atoms with Crippen molar-refractivity contribution in [3.05, 3.63) is 21.8 Å². The van der Waals surface area contributed by atoms with Crippen LogP contribution >= 0.6 is 27.3 Å². The van der Waals surface area contributed by atoms with Crippen LogP contribution in [0.25, 0.3) is 10.7 Å². The van der Waals surface area contributed by atoms with Crippen molar-refractivity contribution < 1.29 is 33.3 Å². The third-order valence-corrected chi connectivity index (χ3v) is 3.18. The Kier molecular flexibility index (Phi) is 4.74. The molecule has 0 saturated carbocycles. The summed E-state index contributed by atoms with van der Waals surface area (Å²) in [7, 11) is 0. The summed E-state index contributed by atoms with van der Waals surface area (Å²) in [5.41, 5.74) is 0. The molecule has 78 valence electrons. The summed E-state index contributed by atoms with van der Waals surface area (Å²) < 4.78 is 5.70. The number of carboxylic acid groups (broad SMARTS) is 1. The predicted molar refractivity (Wildman–Crippen MR) is 54.0 cm³/mol. The molecule has 0 radical (unpaired) electrons. The van der Waals surface area contributed by atoms with Crippen LogP contribution in [0.15, 0.2) is 20.4 Å². The molecule has 0 unspecified atom stereocenters. The summed E-state index contributed by atoms with van der Waals surface area (Å²) in [4.78, 5) is 15.0.